The Morgan fingerprint density at radius 2 is 2.06 bits per heavy atom. The molecule has 1 saturated heterocycles. The first-order chi connectivity index (χ1) is 7.60. The van der Waals surface area contributed by atoms with Crippen molar-refractivity contribution in [3.8, 4) is 0 Å². The van der Waals surface area contributed by atoms with E-state index in [1.165, 1.54) is 4.31 Å². The molecule has 4 nitrogen and oxygen atoms in total. The number of hydrogen-bond donors (Lipinski definition) is 1. The van der Waals surface area contributed by atoms with Gasteiger partial charge in [-0.15, -0.1) is 23.7 Å². The van der Waals surface area contributed by atoms with Gasteiger partial charge in [-0.05, 0) is 25.1 Å². The molecule has 1 N–H and O–H groups in total. The second kappa shape index (κ2) is 6.36. The number of nitrogens with zero attached hydrogens (tertiary/aromatic N) is 1. The normalized spacial score (nSPS) is 18.4. The SMILES string of the molecule is Cl.O=S(=O)(c1ccc(Cl)s1)N1CCCNCC1. The number of halogens is 2. The van der Waals surface area contributed by atoms with E-state index in [2.05, 4.69) is 5.32 Å². The zero-order valence-electron chi connectivity index (χ0n) is 9.06. The van der Waals surface area contributed by atoms with Gasteiger partial charge in [0.15, 0.2) is 0 Å². The van der Waals surface area contributed by atoms with Crippen LogP contribution in [0.3, 0.4) is 0 Å². The van der Waals surface area contributed by atoms with Crippen LogP contribution in [0.5, 0.6) is 0 Å². The largest absolute Gasteiger partial charge is 0.315 e. The highest BCUT2D eigenvalue weighted by atomic mass is 35.5. The van der Waals surface area contributed by atoms with Crippen molar-refractivity contribution in [3.05, 3.63) is 16.5 Å². The van der Waals surface area contributed by atoms with Gasteiger partial charge in [0.2, 0.25) is 0 Å². The predicted octanol–water partition coefficient (Wildman–Crippen LogP) is 1.81. The first-order valence-corrected chi connectivity index (χ1v) is 7.70. The Hall–Kier alpha value is 0.150. The van der Waals surface area contributed by atoms with Crippen LogP contribution in [0.2, 0.25) is 4.34 Å². The lowest BCUT2D eigenvalue weighted by Crippen LogP contribution is -2.33. The smallest absolute Gasteiger partial charge is 0.252 e. The van der Waals surface area contributed by atoms with Crippen molar-refractivity contribution >= 4 is 45.4 Å². The van der Waals surface area contributed by atoms with Crippen molar-refractivity contribution in [3.63, 3.8) is 0 Å². The molecule has 1 fully saturated rings. The number of hydrogen-bond acceptors (Lipinski definition) is 4. The van der Waals surface area contributed by atoms with Gasteiger partial charge in [-0.1, -0.05) is 11.6 Å². The third-order valence-electron chi connectivity index (χ3n) is 2.44. The molecule has 98 valence electrons. The summed E-state index contributed by atoms with van der Waals surface area (Å²) >= 11 is 6.87. The molecular formula is C9H14Cl2N2O2S2. The topological polar surface area (TPSA) is 49.4 Å². The molecule has 0 bridgehead atoms. The first kappa shape index (κ1) is 15.2. The summed E-state index contributed by atoms with van der Waals surface area (Å²) in [6.07, 6.45) is 0.846. The molecule has 2 rings (SSSR count). The molecule has 0 atom stereocenters. The van der Waals surface area contributed by atoms with Crippen LogP contribution >= 0.6 is 35.3 Å². The molecule has 1 aliphatic heterocycles. The Labute approximate surface area is 116 Å². The highest BCUT2D eigenvalue weighted by Gasteiger charge is 2.26. The number of nitrogens with one attached hydrogen (secondary N) is 1. The number of sulfonamides is 1. The molecule has 1 aromatic rings. The molecule has 0 aromatic carbocycles. The molecule has 1 aliphatic rings. The highest BCUT2D eigenvalue weighted by Crippen LogP contribution is 2.28. The van der Waals surface area contributed by atoms with E-state index in [1.807, 2.05) is 0 Å². The van der Waals surface area contributed by atoms with Crippen LogP contribution in [0.25, 0.3) is 0 Å². The zero-order chi connectivity index (χ0) is 11.6. The summed E-state index contributed by atoms with van der Waals surface area (Å²) in [5.41, 5.74) is 0. The predicted molar refractivity (Wildman–Crippen MR) is 72.8 cm³/mol. The molecule has 0 radical (unpaired) electrons. The van der Waals surface area contributed by atoms with Crippen LogP contribution in [0.1, 0.15) is 6.42 Å². The van der Waals surface area contributed by atoms with E-state index >= 15 is 0 Å². The fraction of sp³-hybridized carbons (Fsp3) is 0.556. The van der Waals surface area contributed by atoms with Gasteiger partial charge in [-0.3, -0.25) is 0 Å². The van der Waals surface area contributed by atoms with Crippen molar-refractivity contribution in [2.24, 2.45) is 0 Å². The Morgan fingerprint density at radius 3 is 2.71 bits per heavy atom. The third-order valence-corrected chi connectivity index (χ3v) is 6.04. The van der Waals surface area contributed by atoms with Crippen LogP contribution in [0.15, 0.2) is 16.3 Å². The van der Waals surface area contributed by atoms with Gasteiger partial charge < -0.3 is 5.32 Å². The molecule has 0 saturated carbocycles. The summed E-state index contributed by atoms with van der Waals surface area (Å²) in [5.74, 6) is 0. The van der Waals surface area contributed by atoms with E-state index in [0.29, 0.717) is 28.2 Å². The maximum atomic E-state index is 12.2. The Bertz CT molecular complexity index is 453. The second-order valence-electron chi connectivity index (χ2n) is 3.57. The van der Waals surface area contributed by atoms with Gasteiger partial charge >= 0.3 is 0 Å². The van der Waals surface area contributed by atoms with Crippen LogP contribution < -0.4 is 5.32 Å². The lowest BCUT2D eigenvalue weighted by molar-refractivity contribution is 0.433. The van der Waals surface area contributed by atoms with Gasteiger partial charge in [-0.25, -0.2) is 8.42 Å². The van der Waals surface area contributed by atoms with E-state index in [4.69, 9.17) is 11.6 Å². The van der Waals surface area contributed by atoms with Crippen molar-refractivity contribution in [1.82, 2.24) is 9.62 Å². The van der Waals surface area contributed by atoms with E-state index in [0.717, 1.165) is 24.3 Å². The summed E-state index contributed by atoms with van der Waals surface area (Å²) < 4.78 is 26.8. The van der Waals surface area contributed by atoms with Crippen LogP contribution in [-0.2, 0) is 10.0 Å². The molecule has 17 heavy (non-hydrogen) atoms. The van der Waals surface area contributed by atoms with Gasteiger partial charge in [0, 0.05) is 19.6 Å². The van der Waals surface area contributed by atoms with E-state index in [9.17, 15) is 8.42 Å². The Balaban J connectivity index is 0.00000144. The van der Waals surface area contributed by atoms with E-state index in [1.54, 1.807) is 12.1 Å². The summed E-state index contributed by atoms with van der Waals surface area (Å²) in [6, 6.07) is 3.19. The molecule has 0 unspecified atom stereocenters. The molecule has 0 aliphatic carbocycles. The minimum atomic E-state index is -3.34. The van der Waals surface area contributed by atoms with Crippen LogP contribution in [0, 0.1) is 0 Å². The quantitative estimate of drug-likeness (QED) is 0.905. The molecule has 0 spiro atoms. The average Bonchev–Trinajstić information content (AvgIpc) is 2.54. The van der Waals surface area contributed by atoms with Crippen molar-refractivity contribution in [1.29, 1.82) is 0 Å². The summed E-state index contributed by atoms with van der Waals surface area (Å²) in [6.45, 7) is 2.68. The monoisotopic (exact) mass is 316 g/mol. The van der Waals surface area contributed by atoms with E-state index < -0.39 is 10.0 Å². The minimum Gasteiger partial charge on any atom is -0.315 e. The van der Waals surface area contributed by atoms with Crippen molar-refractivity contribution < 1.29 is 8.42 Å². The Kier molecular flexibility index (Phi) is 5.69. The van der Waals surface area contributed by atoms with Gasteiger partial charge in [-0.2, -0.15) is 4.31 Å². The maximum absolute atomic E-state index is 12.2. The Morgan fingerprint density at radius 1 is 1.29 bits per heavy atom. The molecule has 2 heterocycles. The lowest BCUT2D eigenvalue weighted by atomic mass is 10.4. The summed E-state index contributed by atoms with van der Waals surface area (Å²) in [4.78, 5) is 0. The molecule has 0 amide bonds. The number of thiophene rings is 1. The van der Waals surface area contributed by atoms with Crippen molar-refractivity contribution in [2.75, 3.05) is 26.2 Å². The summed E-state index contributed by atoms with van der Waals surface area (Å²) in [7, 11) is -3.34. The molecular weight excluding hydrogens is 303 g/mol. The summed E-state index contributed by atoms with van der Waals surface area (Å²) in [5, 5.41) is 3.18. The fourth-order valence-electron chi connectivity index (χ4n) is 1.62. The van der Waals surface area contributed by atoms with E-state index in [-0.39, 0.29) is 12.4 Å². The standard InChI is InChI=1S/C9H13ClN2O2S2.ClH/c10-8-2-3-9(15-8)16(13,14)12-6-1-4-11-5-7-12;/h2-3,11H,1,4-7H2;1H. The van der Waals surface area contributed by atoms with Crippen molar-refractivity contribution in [2.45, 2.75) is 10.6 Å². The minimum absolute atomic E-state index is 0. The maximum Gasteiger partial charge on any atom is 0.252 e. The fourth-order valence-corrected chi connectivity index (χ4v) is 4.74. The molecule has 1 aromatic heterocycles. The van der Waals surface area contributed by atoms with Crippen LogP contribution in [0.4, 0.5) is 0 Å². The van der Waals surface area contributed by atoms with Gasteiger partial charge in [0.25, 0.3) is 10.0 Å². The highest BCUT2D eigenvalue weighted by molar-refractivity contribution is 7.91. The number of rotatable bonds is 2. The average molecular weight is 317 g/mol. The van der Waals surface area contributed by atoms with Crippen LogP contribution in [-0.4, -0.2) is 38.9 Å². The third kappa shape index (κ3) is 3.56. The van der Waals surface area contributed by atoms with Gasteiger partial charge in [0.05, 0.1) is 4.34 Å². The molecule has 8 heteroatoms. The first-order valence-electron chi connectivity index (χ1n) is 5.07. The van der Waals surface area contributed by atoms with Gasteiger partial charge in [0.1, 0.15) is 4.21 Å². The second-order valence-corrected chi connectivity index (χ2v) is 7.45. The lowest BCUT2D eigenvalue weighted by Gasteiger charge is -2.18. The zero-order valence-corrected chi connectivity index (χ0v) is 12.3.